The van der Waals surface area contributed by atoms with Crippen LogP contribution in [0.25, 0.3) is 43.4 Å². The average molecular weight is 474 g/mol. The van der Waals surface area contributed by atoms with Gasteiger partial charge < -0.3 is 4.90 Å². The van der Waals surface area contributed by atoms with E-state index >= 15 is 0 Å². The van der Waals surface area contributed by atoms with Crippen LogP contribution in [0.3, 0.4) is 0 Å². The number of rotatable bonds is 2. The van der Waals surface area contributed by atoms with Crippen LogP contribution in [0.5, 0.6) is 0 Å². The highest BCUT2D eigenvalue weighted by Gasteiger charge is 2.17. The number of hydrogen-bond donors (Lipinski definition) is 0. The fourth-order valence-electron chi connectivity index (χ4n) is 5.68. The van der Waals surface area contributed by atoms with Crippen molar-refractivity contribution < 1.29 is 0 Å². The molecule has 37 heavy (non-hydrogen) atoms. The standard InChI is InChI=1S/C36H27N/c1-2-8-23-37(35-16-9-13-27-11-6-7-14-33(27)35)36-22-20-31-25-30(19-21-32(31)34(36)15-3-1)29-18-17-26-10-4-5-12-28(26)24-29/h1-14,16-22,24-25H,15,23H2/b3-1-,8-2-. The smallest absolute Gasteiger partial charge is 0.0493 e. The normalized spacial score (nSPS) is 15.2. The molecule has 0 saturated carbocycles. The number of anilines is 2. The van der Waals surface area contributed by atoms with Gasteiger partial charge in [0.25, 0.3) is 0 Å². The molecule has 0 saturated heterocycles. The van der Waals surface area contributed by atoms with E-state index in [2.05, 4.69) is 144 Å². The van der Waals surface area contributed by atoms with Crippen LogP contribution in [0, 0.1) is 0 Å². The van der Waals surface area contributed by atoms with Gasteiger partial charge in [0.1, 0.15) is 0 Å². The number of fused-ring (bicyclic) bond motifs is 5. The molecule has 176 valence electrons. The van der Waals surface area contributed by atoms with Crippen LogP contribution in [0.2, 0.25) is 0 Å². The predicted octanol–water partition coefficient (Wildman–Crippen LogP) is 9.62. The highest BCUT2D eigenvalue weighted by atomic mass is 15.1. The van der Waals surface area contributed by atoms with Crippen molar-refractivity contribution in [3.8, 4) is 11.1 Å². The zero-order valence-electron chi connectivity index (χ0n) is 20.6. The highest BCUT2D eigenvalue weighted by molar-refractivity contribution is 6.00. The van der Waals surface area contributed by atoms with Crippen LogP contribution in [-0.4, -0.2) is 6.54 Å². The van der Waals surface area contributed by atoms with E-state index in [9.17, 15) is 0 Å². The first kappa shape index (κ1) is 21.6. The minimum Gasteiger partial charge on any atom is -0.337 e. The molecule has 0 spiro atoms. The SMILES string of the molecule is C1=C\Cc2c(ccc3cc(-c4ccc5ccccc5c4)ccc23)N(c2cccc3ccccc23)C\C=C/1. The van der Waals surface area contributed by atoms with Gasteiger partial charge in [-0.25, -0.2) is 0 Å². The monoisotopic (exact) mass is 473 g/mol. The van der Waals surface area contributed by atoms with Gasteiger partial charge in [0.2, 0.25) is 0 Å². The van der Waals surface area contributed by atoms with E-state index in [1.165, 1.54) is 60.4 Å². The van der Waals surface area contributed by atoms with Crippen LogP contribution >= 0.6 is 0 Å². The maximum atomic E-state index is 2.47. The zero-order valence-corrected chi connectivity index (χ0v) is 20.6. The average Bonchev–Trinajstić information content (AvgIpc) is 3.07. The Morgan fingerprint density at radius 2 is 1.16 bits per heavy atom. The largest absolute Gasteiger partial charge is 0.337 e. The second kappa shape index (κ2) is 9.11. The van der Waals surface area contributed by atoms with Crippen molar-refractivity contribution >= 4 is 43.7 Å². The summed E-state index contributed by atoms with van der Waals surface area (Å²) in [7, 11) is 0. The molecule has 1 aliphatic heterocycles. The van der Waals surface area contributed by atoms with E-state index in [-0.39, 0.29) is 0 Å². The van der Waals surface area contributed by atoms with Gasteiger partial charge in [0, 0.05) is 23.3 Å². The molecule has 0 radical (unpaired) electrons. The van der Waals surface area contributed by atoms with E-state index < -0.39 is 0 Å². The van der Waals surface area contributed by atoms with Gasteiger partial charge in [-0.2, -0.15) is 0 Å². The van der Waals surface area contributed by atoms with Gasteiger partial charge in [0.15, 0.2) is 0 Å². The molecule has 1 heterocycles. The first-order valence-electron chi connectivity index (χ1n) is 13.0. The molecule has 0 atom stereocenters. The van der Waals surface area contributed by atoms with Crippen molar-refractivity contribution in [2.75, 3.05) is 11.4 Å². The molecule has 0 aliphatic carbocycles. The number of hydrogen-bond acceptors (Lipinski definition) is 1. The third-order valence-corrected chi connectivity index (χ3v) is 7.53. The van der Waals surface area contributed by atoms with Crippen molar-refractivity contribution in [3.63, 3.8) is 0 Å². The first-order valence-corrected chi connectivity index (χ1v) is 13.0. The molecule has 1 aliphatic rings. The summed E-state index contributed by atoms with van der Waals surface area (Å²) in [4.78, 5) is 2.47. The minimum atomic E-state index is 0.825. The lowest BCUT2D eigenvalue weighted by Gasteiger charge is -2.28. The van der Waals surface area contributed by atoms with Gasteiger partial charge >= 0.3 is 0 Å². The summed E-state index contributed by atoms with van der Waals surface area (Å²) >= 11 is 0. The van der Waals surface area contributed by atoms with E-state index in [0.29, 0.717) is 0 Å². The summed E-state index contributed by atoms with van der Waals surface area (Å²) in [5.41, 5.74) is 6.40. The molecule has 0 unspecified atom stereocenters. The molecule has 0 N–H and O–H groups in total. The Labute approximate surface area is 217 Å². The summed E-state index contributed by atoms with van der Waals surface area (Å²) in [6, 6.07) is 42.2. The van der Waals surface area contributed by atoms with E-state index in [0.717, 1.165) is 13.0 Å². The Hall–Kier alpha value is -4.62. The summed E-state index contributed by atoms with van der Waals surface area (Å²) in [5, 5.41) is 7.70. The summed E-state index contributed by atoms with van der Waals surface area (Å²) in [5.74, 6) is 0. The van der Waals surface area contributed by atoms with Crippen molar-refractivity contribution in [1.29, 1.82) is 0 Å². The molecule has 1 nitrogen and oxygen atoms in total. The van der Waals surface area contributed by atoms with Gasteiger partial charge in [-0.05, 0) is 74.3 Å². The summed E-state index contributed by atoms with van der Waals surface area (Å²) in [6.45, 7) is 0.825. The van der Waals surface area contributed by atoms with E-state index in [1.54, 1.807) is 0 Å². The second-order valence-corrected chi connectivity index (χ2v) is 9.73. The molecular formula is C36H27N. The van der Waals surface area contributed by atoms with Crippen LogP contribution in [0.1, 0.15) is 5.56 Å². The maximum Gasteiger partial charge on any atom is 0.0493 e. The Bertz CT molecular complexity index is 1830. The summed E-state index contributed by atoms with van der Waals surface area (Å²) < 4.78 is 0. The third kappa shape index (κ3) is 3.90. The molecular weight excluding hydrogens is 446 g/mol. The quantitative estimate of drug-likeness (QED) is 0.242. The van der Waals surface area contributed by atoms with Crippen molar-refractivity contribution in [1.82, 2.24) is 0 Å². The molecule has 7 rings (SSSR count). The lowest BCUT2D eigenvalue weighted by Crippen LogP contribution is -2.18. The van der Waals surface area contributed by atoms with Gasteiger partial charge in [0.05, 0.1) is 0 Å². The number of nitrogens with zero attached hydrogens (tertiary/aromatic N) is 1. The molecule has 0 bridgehead atoms. The lowest BCUT2D eigenvalue weighted by atomic mass is 9.94. The van der Waals surface area contributed by atoms with Crippen LogP contribution < -0.4 is 4.90 Å². The molecule has 1 heteroatoms. The highest BCUT2D eigenvalue weighted by Crippen LogP contribution is 2.39. The third-order valence-electron chi connectivity index (χ3n) is 7.53. The first-order chi connectivity index (χ1) is 18.3. The Kier molecular flexibility index (Phi) is 5.33. The fourth-order valence-corrected chi connectivity index (χ4v) is 5.68. The van der Waals surface area contributed by atoms with Crippen LogP contribution in [0.15, 0.2) is 140 Å². The van der Waals surface area contributed by atoms with Gasteiger partial charge in [-0.3, -0.25) is 0 Å². The zero-order chi connectivity index (χ0) is 24.6. The van der Waals surface area contributed by atoms with Crippen LogP contribution in [-0.2, 0) is 6.42 Å². The second-order valence-electron chi connectivity index (χ2n) is 9.73. The molecule has 0 aromatic heterocycles. The Balaban J connectivity index is 1.39. The lowest BCUT2D eigenvalue weighted by molar-refractivity contribution is 1.09. The molecule has 6 aromatic rings. The van der Waals surface area contributed by atoms with Crippen molar-refractivity contribution in [2.24, 2.45) is 0 Å². The van der Waals surface area contributed by atoms with Crippen LogP contribution in [0.4, 0.5) is 11.4 Å². The Morgan fingerprint density at radius 3 is 2.08 bits per heavy atom. The fraction of sp³-hybridized carbons (Fsp3) is 0.0556. The number of benzene rings is 6. The van der Waals surface area contributed by atoms with E-state index in [4.69, 9.17) is 0 Å². The van der Waals surface area contributed by atoms with Crippen molar-refractivity contribution in [3.05, 3.63) is 145 Å². The minimum absolute atomic E-state index is 0.825. The maximum absolute atomic E-state index is 2.47. The molecule has 0 fully saturated rings. The van der Waals surface area contributed by atoms with Gasteiger partial charge in [-0.1, -0.05) is 115 Å². The molecule has 0 amide bonds. The van der Waals surface area contributed by atoms with Gasteiger partial charge in [-0.15, -0.1) is 0 Å². The van der Waals surface area contributed by atoms with Crippen molar-refractivity contribution in [2.45, 2.75) is 6.42 Å². The van der Waals surface area contributed by atoms with E-state index in [1.807, 2.05) is 0 Å². The predicted molar refractivity (Wildman–Crippen MR) is 160 cm³/mol. The number of allylic oxidation sites excluding steroid dienone is 3. The Morgan fingerprint density at radius 1 is 0.459 bits per heavy atom. The summed E-state index contributed by atoms with van der Waals surface area (Å²) in [6.07, 6.45) is 9.77. The molecule has 6 aromatic carbocycles. The topological polar surface area (TPSA) is 3.24 Å².